The lowest BCUT2D eigenvalue weighted by Gasteiger charge is -2.39. The fraction of sp³-hybridized carbons (Fsp3) is 0.277. The molecule has 0 saturated carbocycles. The Morgan fingerprint density at radius 1 is 0.850 bits per heavy atom. The number of benzene rings is 5. The minimum Gasteiger partial charge on any atom is -0.489 e. The molecule has 2 N–H and O–H groups in total. The molecule has 0 aromatic heterocycles. The van der Waals surface area contributed by atoms with E-state index in [-0.39, 0.29) is 37.8 Å². The van der Waals surface area contributed by atoms with Crippen LogP contribution in [-0.2, 0) is 45.1 Å². The predicted octanol–water partition coefficient (Wildman–Crippen LogP) is 8.12. The SMILES string of the molecule is N#Cc1ccc(-c2ccc(C[C@H](NC(=O)[C@@H]3Cc4cc5c(cc4CN3C(=O)C3CCOCC3)OC(c3ccc(OCc4ccc(Cl)c(Cl)c4)cc3)CO5)C(=O)O)cc2)cc1. The number of carbonyl (C=O) groups is 3. The Hall–Kier alpha value is -6.06. The van der Waals surface area contributed by atoms with Crippen LogP contribution in [0.3, 0.4) is 0 Å². The Morgan fingerprint density at radius 3 is 2.22 bits per heavy atom. The summed E-state index contributed by atoms with van der Waals surface area (Å²) in [5.41, 5.74) is 6.53. The number of carboxylic acid groups (broad SMARTS) is 1. The summed E-state index contributed by atoms with van der Waals surface area (Å²) in [5.74, 6) is -0.472. The number of nitriles is 1. The van der Waals surface area contributed by atoms with Gasteiger partial charge < -0.3 is 34.3 Å². The van der Waals surface area contributed by atoms with Gasteiger partial charge in [0.25, 0.3) is 0 Å². The van der Waals surface area contributed by atoms with E-state index in [0.29, 0.717) is 65.5 Å². The molecule has 2 amide bonds. The third kappa shape index (κ3) is 9.21. The predicted molar refractivity (Wildman–Crippen MR) is 224 cm³/mol. The zero-order valence-electron chi connectivity index (χ0n) is 32.4. The maximum absolute atomic E-state index is 14.2. The van der Waals surface area contributed by atoms with Crippen LogP contribution >= 0.6 is 23.2 Å². The molecule has 3 heterocycles. The summed E-state index contributed by atoms with van der Waals surface area (Å²) >= 11 is 12.2. The standard InChI is InChI=1S/C47H41Cl2N3O8/c48-38-14-5-30(19-39(38)49)26-58-37-12-10-33(11-13-37)44-27-59-42-22-35-21-41(52(25-36(35)23-43(42)60-44)46(54)34-15-17-57-18-16-34)45(53)51-40(47(55)56)20-28-1-6-31(7-2-28)32-8-3-29(24-50)4-9-32/h1-14,19,22-23,34,40-41,44H,15-18,20-21,25-27H2,(H,51,53)(H,55,56)/t40-,41-,44?/m0/s1. The normalized spacial score (nSPS) is 17.8. The van der Waals surface area contributed by atoms with E-state index in [2.05, 4.69) is 11.4 Å². The number of halogens is 2. The molecule has 1 saturated heterocycles. The highest BCUT2D eigenvalue weighted by molar-refractivity contribution is 6.42. The first-order valence-corrected chi connectivity index (χ1v) is 20.5. The van der Waals surface area contributed by atoms with Gasteiger partial charge >= 0.3 is 5.97 Å². The van der Waals surface area contributed by atoms with Crippen LogP contribution in [0.5, 0.6) is 17.2 Å². The molecule has 1 fully saturated rings. The molecule has 8 rings (SSSR count). The molecule has 3 atom stereocenters. The smallest absolute Gasteiger partial charge is 0.326 e. The molecule has 60 heavy (non-hydrogen) atoms. The molecule has 11 nitrogen and oxygen atoms in total. The lowest BCUT2D eigenvalue weighted by atomic mass is 9.89. The van der Waals surface area contributed by atoms with Crippen molar-refractivity contribution in [3.63, 3.8) is 0 Å². The van der Waals surface area contributed by atoms with Gasteiger partial charge in [0, 0.05) is 38.5 Å². The van der Waals surface area contributed by atoms with Crippen LogP contribution in [0, 0.1) is 17.2 Å². The van der Waals surface area contributed by atoms with Crippen LogP contribution < -0.4 is 19.5 Å². The van der Waals surface area contributed by atoms with Gasteiger partial charge in [-0.1, -0.05) is 77.8 Å². The fourth-order valence-electron chi connectivity index (χ4n) is 7.81. The second kappa shape index (κ2) is 18.1. The summed E-state index contributed by atoms with van der Waals surface area (Å²) in [6.07, 6.45) is 0.886. The number of nitrogens with one attached hydrogen (secondary N) is 1. The minimum absolute atomic E-state index is 0.0419. The topological polar surface area (TPSA) is 147 Å². The number of fused-ring (bicyclic) bond motifs is 2. The lowest BCUT2D eigenvalue weighted by Crippen LogP contribution is -2.57. The quantitative estimate of drug-likeness (QED) is 0.135. The molecule has 0 bridgehead atoms. The first-order chi connectivity index (χ1) is 29.1. The summed E-state index contributed by atoms with van der Waals surface area (Å²) < 4.78 is 24.2. The van der Waals surface area contributed by atoms with E-state index in [1.807, 2.05) is 78.9 Å². The molecule has 13 heteroatoms. The fourth-order valence-corrected chi connectivity index (χ4v) is 8.13. The zero-order chi connectivity index (χ0) is 41.8. The number of carboxylic acids is 1. The van der Waals surface area contributed by atoms with Crippen LogP contribution in [0.25, 0.3) is 11.1 Å². The number of amides is 2. The van der Waals surface area contributed by atoms with Crippen molar-refractivity contribution in [1.82, 2.24) is 10.2 Å². The van der Waals surface area contributed by atoms with Crippen molar-refractivity contribution in [1.29, 1.82) is 5.26 Å². The zero-order valence-corrected chi connectivity index (χ0v) is 34.0. The summed E-state index contributed by atoms with van der Waals surface area (Å²) in [6, 6.07) is 31.2. The molecular formula is C47H41Cl2N3O8. The minimum atomic E-state index is -1.24. The molecule has 0 spiro atoms. The van der Waals surface area contributed by atoms with E-state index < -0.39 is 30.1 Å². The first-order valence-electron chi connectivity index (χ1n) is 19.7. The number of carbonyl (C=O) groups excluding carboxylic acids is 2. The monoisotopic (exact) mass is 845 g/mol. The van der Waals surface area contributed by atoms with Gasteiger partial charge in [0.1, 0.15) is 31.0 Å². The average Bonchev–Trinajstić information content (AvgIpc) is 3.28. The lowest BCUT2D eigenvalue weighted by molar-refractivity contribution is -0.149. The van der Waals surface area contributed by atoms with E-state index in [1.54, 1.807) is 29.2 Å². The summed E-state index contributed by atoms with van der Waals surface area (Å²) in [4.78, 5) is 42.5. The van der Waals surface area contributed by atoms with Crippen LogP contribution in [-0.4, -0.2) is 59.7 Å². The third-order valence-electron chi connectivity index (χ3n) is 11.2. The second-order valence-corrected chi connectivity index (χ2v) is 16.0. The largest absolute Gasteiger partial charge is 0.489 e. The van der Waals surface area contributed by atoms with Crippen molar-refractivity contribution in [2.75, 3.05) is 19.8 Å². The Bertz CT molecular complexity index is 2430. The maximum atomic E-state index is 14.2. The van der Waals surface area contributed by atoms with Gasteiger partial charge in [-0.3, -0.25) is 9.59 Å². The third-order valence-corrected chi connectivity index (χ3v) is 11.9. The summed E-state index contributed by atoms with van der Waals surface area (Å²) in [7, 11) is 0. The Morgan fingerprint density at radius 2 is 1.53 bits per heavy atom. The maximum Gasteiger partial charge on any atom is 0.326 e. The van der Waals surface area contributed by atoms with E-state index in [1.165, 1.54) is 0 Å². The van der Waals surface area contributed by atoms with Crippen LogP contribution in [0.15, 0.2) is 103 Å². The number of ether oxygens (including phenoxy) is 4. The Balaban J connectivity index is 0.965. The van der Waals surface area contributed by atoms with Crippen molar-refractivity contribution in [2.24, 2.45) is 5.92 Å². The molecular weight excluding hydrogens is 805 g/mol. The molecule has 0 radical (unpaired) electrons. The number of nitrogens with zero attached hydrogens (tertiary/aromatic N) is 2. The Labute approximate surface area is 357 Å². The van der Waals surface area contributed by atoms with Gasteiger partial charge in [0.2, 0.25) is 11.8 Å². The molecule has 5 aromatic carbocycles. The van der Waals surface area contributed by atoms with Crippen molar-refractivity contribution in [2.45, 2.75) is 57.0 Å². The van der Waals surface area contributed by atoms with Gasteiger partial charge in [-0.05, 0) is 100 Å². The van der Waals surface area contributed by atoms with Crippen molar-refractivity contribution < 1.29 is 38.4 Å². The molecule has 306 valence electrons. The molecule has 0 aliphatic carbocycles. The highest BCUT2D eigenvalue weighted by atomic mass is 35.5. The van der Waals surface area contributed by atoms with Gasteiger partial charge in [-0.15, -0.1) is 0 Å². The molecule has 3 aliphatic rings. The number of hydrogen-bond donors (Lipinski definition) is 2. The van der Waals surface area contributed by atoms with Crippen LogP contribution in [0.2, 0.25) is 10.0 Å². The molecule has 5 aromatic rings. The van der Waals surface area contributed by atoms with E-state index in [0.717, 1.165) is 38.9 Å². The highest BCUT2D eigenvalue weighted by Crippen LogP contribution is 2.41. The number of hydrogen-bond acceptors (Lipinski definition) is 8. The van der Waals surface area contributed by atoms with E-state index in [9.17, 15) is 19.5 Å². The van der Waals surface area contributed by atoms with Gasteiger partial charge in [0.15, 0.2) is 17.6 Å². The number of aliphatic carboxylic acids is 1. The number of rotatable bonds is 11. The summed E-state index contributed by atoms with van der Waals surface area (Å²) in [6.45, 7) is 1.62. The van der Waals surface area contributed by atoms with E-state index >= 15 is 0 Å². The van der Waals surface area contributed by atoms with Gasteiger partial charge in [-0.2, -0.15) is 5.26 Å². The van der Waals surface area contributed by atoms with Crippen LogP contribution in [0.4, 0.5) is 0 Å². The summed E-state index contributed by atoms with van der Waals surface area (Å²) in [5, 5.41) is 23.1. The Kier molecular flexibility index (Phi) is 12.2. The van der Waals surface area contributed by atoms with Gasteiger partial charge in [0.05, 0.1) is 21.7 Å². The van der Waals surface area contributed by atoms with E-state index in [4.69, 9.17) is 47.4 Å². The second-order valence-electron chi connectivity index (χ2n) is 15.2. The van der Waals surface area contributed by atoms with Crippen molar-refractivity contribution in [3.8, 4) is 34.4 Å². The molecule has 3 aliphatic heterocycles. The van der Waals surface area contributed by atoms with Gasteiger partial charge in [-0.25, -0.2) is 4.79 Å². The molecule has 1 unspecified atom stereocenters. The van der Waals surface area contributed by atoms with Crippen molar-refractivity contribution >= 4 is 41.0 Å². The van der Waals surface area contributed by atoms with Crippen LogP contribution in [0.1, 0.15) is 52.3 Å². The average molecular weight is 847 g/mol. The highest BCUT2D eigenvalue weighted by Gasteiger charge is 2.40. The van der Waals surface area contributed by atoms with Crippen molar-refractivity contribution in [3.05, 3.63) is 147 Å². The first kappa shape index (κ1) is 40.7.